The molecule has 0 spiro atoms. The highest BCUT2D eigenvalue weighted by Crippen LogP contribution is 2.25. The number of hydrogen-bond donors (Lipinski definition) is 1. The Kier molecular flexibility index (Phi) is 3.42. The van der Waals surface area contributed by atoms with E-state index in [0.29, 0.717) is 16.0 Å². The summed E-state index contributed by atoms with van der Waals surface area (Å²) in [7, 11) is 0. The molecule has 1 aromatic heterocycles. The smallest absolute Gasteiger partial charge is 0.187 e. The second kappa shape index (κ2) is 5.25. The van der Waals surface area contributed by atoms with Crippen molar-refractivity contribution in [3.63, 3.8) is 0 Å². The van der Waals surface area contributed by atoms with Crippen LogP contribution in [0.15, 0.2) is 40.9 Å². The van der Waals surface area contributed by atoms with Crippen LogP contribution in [-0.2, 0) is 0 Å². The molecule has 21 heavy (non-hydrogen) atoms. The zero-order chi connectivity index (χ0) is 15.0. The minimum absolute atomic E-state index is 0.285. The molecule has 0 fully saturated rings. The fourth-order valence-corrected chi connectivity index (χ4v) is 2.33. The molecule has 0 atom stereocenters. The van der Waals surface area contributed by atoms with Gasteiger partial charge in [0.2, 0.25) is 0 Å². The molecule has 7 heteroatoms. The van der Waals surface area contributed by atoms with Gasteiger partial charge < -0.3 is 5.73 Å². The van der Waals surface area contributed by atoms with E-state index in [1.54, 1.807) is 24.3 Å². The summed E-state index contributed by atoms with van der Waals surface area (Å²) >= 11 is 3.23. The lowest BCUT2D eigenvalue weighted by Gasteiger charge is -2.07. The van der Waals surface area contributed by atoms with Crippen molar-refractivity contribution in [2.45, 2.75) is 6.92 Å². The van der Waals surface area contributed by atoms with E-state index in [9.17, 15) is 4.39 Å². The molecule has 106 valence electrons. The number of rotatable bonds is 2. The number of anilines is 1. The Labute approximate surface area is 128 Å². The predicted octanol–water partition coefficient (Wildman–Crippen LogP) is 3.12. The summed E-state index contributed by atoms with van der Waals surface area (Å²) in [6.07, 6.45) is 0. The van der Waals surface area contributed by atoms with Crippen molar-refractivity contribution in [3.8, 4) is 17.1 Å². The summed E-state index contributed by atoms with van der Waals surface area (Å²) < 4.78 is 16.1. The van der Waals surface area contributed by atoms with Crippen LogP contribution in [0.4, 0.5) is 10.1 Å². The van der Waals surface area contributed by atoms with Gasteiger partial charge in [0.25, 0.3) is 0 Å². The average molecular weight is 348 g/mol. The normalized spacial score (nSPS) is 10.8. The van der Waals surface area contributed by atoms with Gasteiger partial charge in [-0.3, -0.25) is 0 Å². The second-order valence-electron chi connectivity index (χ2n) is 4.58. The summed E-state index contributed by atoms with van der Waals surface area (Å²) in [6, 6.07) is 10.2. The molecule has 0 aliphatic heterocycles. The number of aromatic nitrogens is 4. The van der Waals surface area contributed by atoms with Crippen LogP contribution in [0, 0.1) is 12.7 Å². The third-order valence-electron chi connectivity index (χ3n) is 3.14. The first-order valence-electron chi connectivity index (χ1n) is 6.16. The lowest BCUT2D eigenvalue weighted by atomic mass is 10.1. The van der Waals surface area contributed by atoms with Gasteiger partial charge in [-0.1, -0.05) is 15.9 Å². The zero-order valence-electron chi connectivity index (χ0n) is 11.1. The highest BCUT2D eigenvalue weighted by atomic mass is 79.9. The molecule has 0 bridgehead atoms. The topological polar surface area (TPSA) is 69.6 Å². The van der Waals surface area contributed by atoms with E-state index in [1.807, 2.05) is 13.0 Å². The van der Waals surface area contributed by atoms with Crippen LogP contribution in [0.5, 0.6) is 0 Å². The predicted molar refractivity (Wildman–Crippen MR) is 81.4 cm³/mol. The third kappa shape index (κ3) is 2.52. The molecule has 0 amide bonds. The van der Waals surface area contributed by atoms with Gasteiger partial charge in [-0.15, -0.1) is 5.10 Å². The van der Waals surface area contributed by atoms with E-state index >= 15 is 0 Å². The minimum Gasteiger partial charge on any atom is -0.399 e. The SMILES string of the molecule is Cc1cc(-c2nnnn2-c2ccc(Br)cc2F)ccc1N. The largest absolute Gasteiger partial charge is 0.399 e. The summed E-state index contributed by atoms with van der Waals surface area (Å²) in [5, 5.41) is 11.5. The van der Waals surface area contributed by atoms with Crippen LogP contribution < -0.4 is 5.73 Å². The molecule has 0 saturated heterocycles. The maximum Gasteiger partial charge on any atom is 0.187 e. The van der Waals surface area contributed by atoms with Gasteiger partial charge in [-0.2, -0.15) is 4.68 Å². The molecule has 0 aliphatic carbocycles. The number of aryl methyl sites for hydroxylation is 1. The standard InChI is InChI=1S/C14H11BrFN5/c1-8-6-9(2-4-12(8)17)14-18-19-20-21(14)13-5-3-10(15)7-11(13)16/h2-7H,17H2,1H3. The Morgan fingerprint density at radius 3 is 2.71 bits per heavy atom. The monoisotopic (exact) mass is 347 g/mol. The Bertz CT molecular complexity index is 815. The van der Waals surface area contributed by atoms with Crippen molar-refractivity contribution < 1.29 is 4.39 Å². The Hall–Kier alpha value is -2.28. The van der Waals surface area contributed by atoms with E-state index < -0.39 is 5.82 Å². The molecule has 0 unspecified atom stereocenters. The maximum atomic E-state index is 14.1. The molecule has 5 nitrogen and oxygen atoms in total. The summed E-state index contributed by atoms with van der Waals surface area (Å²) in [5.41, 5.74) is 8.47. The average Bonchev–Trinajstić information content (AvgIpc) is 2.91. The number of nitrogens with zero attached hydrogens (tertiary/aromatic N) is 4. The van der Waals surface area contributed by atoms with Gasteiger partial charge in [-0.25, -0.2) is 4.39 Å². The first kappa shape index (κ1) is 13.7. The van der Waals surface area contributed by atoms with E-state index in [1.165, 1.54) is 10.7 Å². The van der Waals surface area contributed by atoms with Crippen LogP contribution in [0.3, 0.4) is 0 Å². The van der Waals surface area contributed by atoms with Crippen LogP contribution in [0.25, 0.3) is 17.1 Å². The minimum atomic E-state index is -0.412. The molecule has 1 heterocycles. The molecule has 0 aliphatic rings. The van der Waals surface area contributed by atoms with Gasteiger partial charge in [0.05, 0.1) is 0 Å². The fourth-order valence-electron chi connectivity index (χ4n) is 2.00. The van der Waals surface area contributed by atoms with Crippen LogP contribution in [-0.4, -0.2) is 20.2 Å². The molecule has 2 aromatic carbocycles. The first-order valence-corrected chi connectivity index (χ1v) is 6.96. The summed E-state index contributed by atoms with van der Waals surface area (Å²) in [5.74, 6) is 0.0458. The molecule has 2 N–H and O–H groups in total. The Morgan fingerprint density at radius 1 is 1.19 bits per heavy atom. The number of tetrazole rings is 1. The lowest BCUT2D eigenvalue weighted by molar-refractivity contribution is 0.607. The lowest BCUT2D eigenvalue weighted by Crippen LogP contribution is -2.03. The van der Waals surface area contributed by atoms with Crippen molar-refractivity contribution in [1.29, 1.82) is 0 Å². The number of nitrogen functional groups attached to an aromatic ring is 1. The highest BCUT2D eigenvalue weighted by molar-refractivity contribution is 9.10. The van der Waals surface area contributed by atoms with E-state index in [2.05, 4.69) is 31.5 Å². The van der Waals surface area contributed by atoms with E-state index in [0.717, 1.165) is 11.1 Å². The number of nitrogens with two attached hydrogens (primary N) is 1. The Balaban J connectivity index is 2.14. The molecule has 0 saturated carbocycles. The van der Waals surface area contributed by atoms with Gasteiger partial charge >= 0.3 is 0 Å². The molecular weight excluding hydrogens is 337 g/mol. The fraction of sp³-hybridized carbons (Fsp3) is 0.0714. The van der Waals surface area contributed by atoms with Crippen LogP contribution >= 0.6 is 15.9 Å². The quantitative estimate of drug-likeness (QED) is 0.723. The van der Waals surface area contributed by atoms with Crippen molar-refractivity contribution >= 4 is 21.6 Å². The second-order valence-corrected chi connectivity index (χ2v) is 5.50. The van der Waals surface area contributed by atoms with Gasteiger partial charge in [0.15, 0.2) is 5.82 Å². The zero-order valence-corrected chi connectivity index (χ0v) is 12.7. The first-order chi connectivity index (χ1) is 10.1. The number of halogens is 2. The summed E-state index contributed by atoms with van der Waals surface area (Å²) in [6.45, 7) is 1.90. The van der Waals surface area contributed by atoms with Crippen LogP contribution in [0.2, 0.25) is 0 Å². The molecule has 0 radical (unpaired) electrons. The molecule has 3 rings (SSSR count). The molecular formula is C14H11BrFN5. The van der Waals surface area contributed by atoms with Crippen molar-refractivity contribution in [1.82, 2.24) is 20.2 Å². The number of hydrogen-bond acceptors (Lipinski definition) is 4. The third-order valence-corrected chi connectivity index (χ3v) is 3.63. The Morgan fingerprint density at radius 2 is 2.00 bits per heavy atom. The van der Waals surface area contributed by atoms with Crippen molar-refractivity contribution in [3.05, 3.63) is 52.3 Å². The summed E-state index contributed by atoms with van der Waals surface area (Å²) in [4.78, 5) is 0. The van der Waals surface area contributed by atoms with E-state index in [4.69, 9.17) is 5.73 Å². The van der Waals surface area contributed by atoms with Crippen LogP contribution in [0.1, 0.15) is 5.56 Å². The van der Waals surface area contributed by atoms with Gasteiger partial charge in [-0.05, 0) is 59.3 Å². The maximum absolute atomic E-state index is 14.1. The van der Waals surface area contributed by atoms with Crippen molar-refractivity contribution in [2.75, 3.05) is 5.73 Å². The molecule has 3 aromatic rings. The van der Waals surface area contributed by atoms with Crippen molar-refractivity contribution in [2.24, 2.45) is 0 Å². The van der Waals surface area contributed by atoms with Gasteiger partial charge in [0.1, 0.15) is 11.5 Å². The highest BCUT2D eigenvalue weighted by Gasteiger charge is 2.14. The number of benzene rings is 2. The van der Waals surface area contributed by atoms with E-state index in [-0.39, 0.29) is 5.69 Å². The van der Waals surface area contributed by atoms with Gasteiger partial charge in [0, 0.05) is 15.7 Å².